The lowest BCUT2D eigenvalue weighted by Gasteiger charge is -2.16. The minimum absolute atomic E-state index is 0.361. The zero-order valence-electron chi connectivity index (χ0n) is 17.4. The second kappa shape index (κ2) is 8.66. The molecule has 0 spiro atoms. The Kier molecular flexibility index (Phi) is 5.61. The van der Waals surface area contributed by atoms with Gasteiger partial charge in [0.2, 0.25) is 11.6 Å². The van der Waals surface area contributed by atoms with Crippen LogP contribution in [0.1, 0.15) is 0 Å². The zero-order valence-corrected chi connectivity index (χ0v) is 17.4. The Morgan fingerprint density at radius 2 is 1.48 bits per heavy atom. The van der Waals surface area contributed by atoms with E-state index in [1.165, 1.54) is 25.1 Å². The van der Waals surface area contributed by atoms with Gasteiger partial charge in [0.15, 0.2) is 11.5 Å². The highest BCUT2D eigenvalue weighted by molar-refractivity contribution is 5.61. The van der Waals surface area contributed by atoms with Crippen LogP contribution < -0.4 is 29.0 Å². The molecule has 0 atom stereocenters. The van der Waals surface area contributed by atoms with E-state index in [9.17, 15) is 0 Å². The van der Waals surface area contributed by atoms with E-state index in [0.717, 1.165) is 11.4 Å². The van der Waals surface area contributed by atoms with Crippen molar-refractivity contribution >= 4 is 17.3 Å². The van der Waals surface area contributed by atoms with Crippen molar-refractivity contribution in [1.29, 1.82) is 0 Å². The van der Waals surface area contributed by atoms with Gasteiger partial charge >= 0.3 is 0 Å². The van der Waals surface area contributed by atoms with Crippen LogP contribution in [0.15, 0.2) is 48.8 Å². The molecule has 0 radical (unpaired) electrons. The molecule has 2 aromatic carbocycles. The first kappa shape index (κ1) is 20.1. The van der Waals surface area contributed by atoms with Gasteiger partial charge in [0.25, 0.3) is 5.78 Å². The first-order chi connectivity index (χ1) is 15.1. The number of nitrogens with one attached hydrogen (secondary N) is 1. The summed E-state index contributed by atoms with van der Waals surface area (Å²) in [6.45, 7) is 0. The molecule has 4 rings (SSSR count). The Hall–Kier alpha value is -4.21. The molecule has 160 valence electrons. The quantitative estimate of drug-likeness (QED) is 0.454. The van der Waals surface area contributed by atoms with E-state index in [-0.39, 0.29) is 0 Å². The van der Waals surface area contributed by atoms with Gasteiger partial charge in [0.1, 0.15) is 23.6 Å². The summed E-state index contributed by atoms with van der Waals surface area (Å²) in [5.74, 6) is 3.81. The number of benzene rings is 2. The van der Waals surface area contributed by atoms with Gasteiger partial charge in [-0.15, -0.1) is 0 Å². The van der Waals surface area contributed by atoms with Crippen molar-refractivity contribution in [3.05, 3.63) is 48.8 Å². The van der Waals surface area contributed by atoms with E-state index in [0.29, 0.717) is 40.5 Å². The van der Waals surface area contributed by atoms with E-state index in [2.05, 4.69) is 20.4 Å². The Morgan fingerprint density at radius 3 is 2.10 bits per heavy atom. The topological polar surface area (TPSA) is 101 Å². The fraction of sp³-hybridized carbons (Fsp3) is 0.190. The third kappa shape index (κ3) is 4.08. The van der Waals surface area contributed by atoms with Crippen molar-refractivity contribution < 1.29 is 23.7 Å². The molecule has 0 aliphatic rings. The van der Waals surface area contributed by atoms with Crippen LogP contribution in [-0.2, 0) is 0 Å². The number of fused-ring (bicyclic) bond motifs is 1. The Bertz CT molecular complexity index is 1170. The standard InChI is InChI=1S/C21H21N5O5/c1-27-14-7-5-13(6-8-14)24-18-11-19(26-21(25-18)22-12-23-26)31-20-16(29-3)9-15(28-2)10-17(20)30-4/h5-12H,1-4H3,(H,22,23,24,25). The lowest BCUT2D eigenvalue weighted by molar-refractivity contribution is 0.331. The van der Waals surface area contributed by atoms with E-state index in [1.54, 1.807) is 32.4 Å². The zero-order chi connectivity index (χ0) is 21.8. The van der Waals surface area contributed by atoms with Crippen LogP contribution >= 0.6 is 0 Å². The van der Waals surface area contributed by atoms with Crippen LogP contribution in [0.3, 0.4) is 0 Å². The maximum atomic E-state index is 6.16. The maximum Gasteiger partial charge on any atom is 0.257 e. The van der Waals surface area contributed by atoms with Crippen LogP contribution in [0, 0.1) is 0 Å². The maximum absolute atomic E-state index is 6.16. The largest absolute Gasteiger partial charge is 0.497 e. The number of nitrogens with zero attached hydrogens (tertiary/aromatic N) is 4. The molecule has 31 heavy (non-hydrogen) atoms. The highest BCUT2D eigenvalue weighted by atomic mass is 16.5. The summed E-state index contributed by atoms with van der Waals surface area (Å²) in [5, 5.41) is 7.43. The summed E-state index contributed by atoms with van der Waals surface area (Å²) in [6, 6.07) is 12.6. The van der Waals surface area contributed by atoms with Crippen molar-refractivity contribution in [1.82, 2.24) is 19.6 Å². The fourth-order valence-corrected chi connectivity index (χ4v) is 2.92. The highest BCUT2D eigenvalue weighted by Crippen LogP contribution is 2.43. The predicted molar refractivity (Wildman–Crippen MR) is 113 cm³/mol. The van der Waals surface area contributed by atoms with Gasteiger partial charge in [-0.05, 0) is 24.3 Å². The molecule has 0 saturated heterocycles. The smallest absolute Gasteiger partial charge is 0.257 e. The van der Waals surface area contributed by atoms with Gasteiger partial charge in [0.05, 0.1) is 28.4 Å². The molecular formula is C21H21N5O5. The van der Waals surface area contributed by atoms with Crippen molar-refractivity contribution in [2.75, 3.05) is 33.8 Å². The Morgan fingerprint density at radius 1 is 0.806 bits per heavy atom. The lowest BCUT2D eigenvalue weighted by Crippen LogP contribution is -2.03. The summed E-state index contributed by atoms with van der Waals surface area (Å²) in [5.41, 5.74) is 0.822. The molecule has 10 nitrogen and oxygen atoms in total. The van der Waals surface area contributed by atoms with E-state index < -0.39 is 0 Å². The van der Waals surface area contributed by atoms with Crippen LogP contribution in [0.2, 0.25) is 0 Å². The monoisotopic (exact) mass is 423 g/mol. The van der Waals surface area contributed by atoms with Gasteiger partial charge in [-0.25, -0.2) is 0 Å². The summed E-state index contributed by atoms with van der Waals surface area (Å²) in [6.07, 6.45) is 1.40. The molecule has 10 heteroatoms. The van der Waals surface area contributed by atoms with Gasteiger partial charge in [-0.2, -0.15) is 19.6 Å². The third-order valence-corrected chi connectivity index (χ3v) is 4.46. The molecule has 0 bridgehead atoms. The Labute approximate surface area is 178 Å². The molecule has 2 aromatic heterocycles. The molecule has 1 N–H and O–H groups in total. The van der Waals surface area contributed by atoms with Crippen molar-refractivity contribution in [2.24, 2.45) is 0 Å². The number of hydrogen-bond acceptors (Lipinski definition) is 9. The van der Waals surface area contributed by atoms with E-state index in [1.807, 2.05) is 24.3 Å². The van der Waals surface area contributed by atoms with Crippen LogP contribution in [0.5, 0.6) is 34.6 Å². The summed E-state index contributed by atoms with van der Waals surface area (Å²) < 4.78 is 29.1. The van der Waals surface area contributed by atoms with Crippen molar-refractivity contribution in [3.63, 3.8) is 0 Å². The number of methoxy groups -OCH3 is 4. The minimum Gasteiger partial charge on any atom is -0.497 e. The summed E-state index contributed by atoms with van der Waals surface area (Å²) in [7, 11) is 6.26. The van der Waals surface area contributed by atoms with E-state index in [4.69, 9.17) is 23.7 Å². The molecule has 0 fully saturated rings. The number of anilines is 2. The molecule has 0 aliphatic heterocycles. The van der Waals surface area contributed by atoms with Gasteiger partial charge in [-0.3, -0.25) is 0 Å². The van der Waals surface area contributed by atoms with Gasteiger partial charge < -0.3 is 29.0 Å². The number of rotatable bonds is 8. The third-order valence-electron chi connectivity index (χ3n) is 4.46. The SMILES string of the molecule is COc1ccc(Nc2cc(Oc3c(OC)cc(OC)cc3OC)n3ncnc3n2)cc1. The second-order valence-electron chi connectivity index (χ2n) is 6.27. The molecule has 4 aromatic rings. The Balaban J connectivity index is 1.73. The van der Waals surface area contributed by atoms with Gasteiger partial charge in [-0.1, -0.05) is 0 Å². The van der Waals surface area contributed by atoms with Crippen LogP contribution in [-0.4, -0.2) is 48.0 Å². The second-order valence-corrected chi connectivity index (χ2v) is 6.27. The molecular weight excluding hydrogens is 402 g/mol. The van der Waals surface area contributed by atoms with Crippen LogP contribution in [0.25, 0.3) is 5.78 Å². The van der Waals surface area contributed by atoms with Crippen molar-refractivity contribution in [2.45, 2.75) is 0 Å². The lowest BCUT2D eigenvalue weighted by atomic mass is 10.2. The predicted octanol–water partition coefficient (Wildman–Crippen LogP) is 3.69. The molecule has 0 unspecified atom stereocenters. The molecule has 0 saturated carbocycles. The number of ether oxygens (including phenoxy) is 5. The first-order valence-corrected chi connectivity index (χ1v) is 9.25. The average molecular weight is 423 g/mol. The number of aromatic nitrogens is 4. The summed E-state index contributed by atoms with van der Waals surface area (Å²) >= 11 is 0. The van der Waals surface area contributed by atoms with Crippen LogP contribution in [0.4, 0.5) is 11.5 Å². The van der Waals surface area contributed by atoms with Gasteiger partial charge in [0, 0.05) is 23.9 Å². The molecule has 2 heterocycles. The summed E-state index contributed by atoms with van der Waals surface area (Å²) in [4.78, 5) is 8.65. The fourth-order valence-electron chi connectivity index (χ4n) is 2.92. The highest BCUT2D eigenvalue weighted by Gasteiger charge is 2.19. The van der Waals surface area contributed by atoms with E-state index >= 15 is 0 Å². The average Bonchev–Trinajstić information content (AvgIpc) is 3.28. The minimum atomic E-state index is 0.361. The molecule has 0 amide bonds. The number of hydrogen-bond donors (Lipinski definition) is 1. The molecule has 0 aliphatic carbocycles. The van der Waals surface area contributed by atoms with Crippen molar-refractivity contribution in [3.8, 4) is 34.6 Å². The first-order valence-electron chi connectivity index (χ1n) is 9.25. The normalized spacial score (nSPS) is 10.6.